The number of rotatable bonds is 4. The van der Waals surface area contributed by atoms with Crippen molar-refractivity contribution in [2.45, 2.75) is 125 Å². The Morgan fingerprint density at radius 2 is 1.50 bits per heavy atom. The van der Waals surface area contributed by atoms with Crippen LogP contribution >= 0.6 is 0 Å². The molecule has 0 heterocycles. The predicted octanol–water partition coefficient (Wildman–Crippen LogP) is 4.85. The van der Waals surface area contributed by atoms with E-state index >= 15 is 0 Å². The fourth-order valence-corrected chi connectivity index (χ4v) is 11.3. The SMILES string of the molecule is CC(O)C1C(C)CC2(C)C(OC(O)C3CC3)C3(C)C(C)C4CCCC(C)C4C(O)C3C(C)C2(C)C1O. The number of aliphatic hydroxyl groups is 4. The van der Waals surface area contributed by atoms with Crippen molar-refractivity contribution in [1.82, 2.24) is 0 Å². The average molecular weight is 507 g/mol. The molecule has 208 valence electrons. The summed E-state index contributed by atoms with van der Waals surface area (Å²) in [4.78, 5) is 0. The van der Waals surface area contributed by atoms with Crippen LogP contribution in [0.3, 0.4) is 0 Å². The first-order valence-electron chi connectivity index (χ1n) is 15.1. The van der Waals surface area contributed by atoms with Crippen LogP contribution in [0.5, 0.6) is 0 Å². The molecule has 5 heteroatoms. The van der Waals surface area contributed by atoms with Crippen LogP contribution in [-0.2, 0) is 4.74 Å². The Bertz CT molecular complexity index is 828. The molecule has 0 aromatic heterocycles. The molecule has 0 aromatic rings. The third-order valence-corrected chi connectivity index (χ3v) is 13.6. The van der Waals surface area contributed by atoms with Gasteiger partial charge >= 0.3 is 0 Å². The smallest absolute Gasteiger partial charge is 0.157 e. The molecule has 5 nitrogen and oxygen atoms in total. The van der Waals surface area contributed by atoms with Gasteiger partial charge in [0.05, 0.1) is 24.4 Å². The predicted molar refractivity (Wildman–Crippen MR) is 141 cm³/mol. The van der Waals surface area contributed by atoms with E-state index in [4.69, 9.17) is 4.74 Å². The van der Waals surface area contributed by atoms with E-state index in [1.807, 2.05) is 6.92 Å². The van der Waals surface area contributed by atoms with Gasteiger partial charge in [-0.3, -0.25) is 0 Å². The number of hydrogen-bond donors (Lipinski definition) is 4. The average Bonchev–Trinajstić information content (AvgIpc) is 3.63. The van der Waals surface area contributed by atoms with Crippen LogP contribution in [0.15, 0.2) is 0 Å². The number of aliphatic hydroxyl groups excluding tert-OH is 4. The van der Waals surface area contributed by atoms with Gasteiger partial charge in [0, 0.05) is 28.1 Å². The molecule has 16 unspecified atom stereocenters. The zero-order valence-electron chi connectivity index (χ0n) is 24.0. The van der Waals surface area contributed by atoms with Crippen LogP contribution in [-0.4, -0.2) is 51.1 Å². The van der Waals surface area contributed by atoms with Crippen LogP contribution in [0.4, 0.5) is 0 Å². The first-order valence-corrected chi connectivity index (χ1v) is 15.1. The molecule has 5 rings (SSSR count). The zero-order chi connectivity index (χ0) is 26.5. The van der Waals surface area contributed by atoms with Crippen molar-refractivity contribution in [3.63, 3.8) is 0 Å². The fourth-order valence-electron chi connectivity index (χ4n) is 11.3. The topological polar surface area (TPSA) is 90.2 Å². The van der Waals surface area contributed by atoms with Crippen LogP contribution in [0.25, 0.3) is 0 Å². The van der Waals surface area contributed by atoms with Gasteiger partial charge in [-0.15, -0.1) is 0 Å². The fraction of sp³-hybridized carbons (Fsp3) is 1.00. The lowest BCUT2D eigenvalue weighted by atomic mass is 9.31. The van der Waals surface area contributed by atoms with Crippen LogP contribution < -0.4 is 0 Å². The molecule has 5 aliphatic rings. The largest absolute Gasteiger partial charge is 0.393 e. The molecule has 4 N–H and O–H groups in total. The second-order valence-electron chi connectivity index (χ2n) is 15.0. The van der Waals surface area contributed by atoms with Crippen LogP contribution in [0, 0.1) is 69.5 Å². The minimum atomic E-state index is -0.795. The van der Waals surface area contributed by atoms with Gasteiger partial charge in [-0.25, -0.2) is 0 Å². The second kappa shape index (κ2) is 8.91. The lowest BCUT2D eigenvalue weighted by Crippen LogP contribution is -2.77. The third kappa shape index (κ3) is 3.44. The zero-order valence-corrected chi connectivity index (χ0v) is 24.0. The summed E-state index contributed by atoms with van der Waals surface area (Å²) >= 11 is 0. The van der Waals surface area contributed by atoms with Gasteiger partial charge in [0.25, 0.3) is 0 Å². The summed E-state index contributed by atoms with van der Waals surface area (Å²) in [6, 6.07) is 0. The van der Waals surface area contributed by atoms with E-state index in [2.05, 4.69) is 48.5 Å². The normalized spacial score (nSPS) is 58.8. The van der Waals surface area contributed by atoms with Gasteiger partial charge in [0.2, 0.25) is 0 Å². The highest BCUT2D eigenvalue weighted by molar-refractivity contribution is 5.23. The van der Waals surface area contributed by atoms with E-state index in [1.165, 1.54) is 12.8 Å². The molecule has 0 aliphatic heterocycles. The summed E-state index contributed by atoms with van der Waals surface area (Å²) in [5.41, 5.74) is -1.29. The number of fused-ring (bicyclic) bond motifs is 3. The molecule has 16 atom stereocenters. The van der Waals surface area contributed by atoms with Gasteiger partial charge in [-0.1, -0.05) is 61.3 Å². The molecule has 0 saturated heterocycles. The van der Waals surface area contributed by atoms with Crippen LogP contribution in [0.2, 0.25) is 0 Å². The van der Waals surface area contributed by atoms with E-state index in [9.17, 15) is 20.4 Å². The molecule has 0 bridgehead atoms. The van der Waals surface area contributed by atoms with E-state index in [0.717, 1.165) is 25.7 Å². The van der Waals surface area contributed by atoms with Crippen LogP contribution in [0.1, 0.15) is 93.9 Å². The molecule has 0 radical (unpaired) electrons. The number of hydrogen-bond acceptors (Lipinski definition) is 5. The summed E-state index contributed by atoms with van der Waals surface area (Å²) in [5.74, 6) is 1.66. The molecule has 0 aromatic carbocycles. The van der Waals surface area contributed by atoms with E-state index < -0.39 is 35.4 Å². The molecule has 36 heavy (non-hydrogen) atoms. The van der Waals surface area contributed by atoms with Gasteiger partial charge < -0.3 is 25.2 Å². The maximum atomic E-state index is 12.2. The Morgan fingerprint density at radius 3 is 2.08 bits per heavy atom. The highest BCUT2D eigenvalue weighted by Crippen LogP contribution is 2.74. The van der Waals surface area contributed by atoms with Crippen molar-refractivity contribution in [2.75, 3.05) is 0 Å². The van der Waals surface area contributed by atoms with Crippen molar-refractivity contribution >= 4 is 0 Å². The van der Waals surface area contributed by atoms with E-state index in [-0.39, 0.29) is 47.0 Å². The van der Waals surface area contributed by atoms with Gasteiger partial charge in [0.15, 0.2) is 6.29 Å². The third-order valence-electron chi connectivity index (χ3n) is 13.6. The second-order valence-corrected chi connectivity index (χ2v) is 15.0. The van der Waals surface area contributed by atoms with E-state index in [1.54, 1.807) is 0 Å². The molecular weight excluding hydrogens is 452 g/mol. The monoisotopic (exact) mass is 506 g/mol. The Morgan fingerprint density at radius 1 is 0.861 bits per heavy atom. The van der Waals surface area contributed by atoms with Crippen molar-refractivity contribution in [1.29, 1.82) is 0 Å². The van der Waals surface area contributed by atoms with Gasteiger partial charge in [-0.2, -0.15) is 0 Å². The van der Waals surface area contributed by atoms with E-state index in [0.29, 0.717) is 17.8 Å². The molecular formula is C31H54O5. The quantitative estimate of drug-likeness (QED) is 0.410. The van der Waals surface area contributed by atoms with Gasteiger partial charge in [0.1, 0.15) is 0 Å². The Hall–Kier alpha value is -0.200. The van der Waals surface area contributed by atoms with Crippen molar-refractivity contribution in [3.8, 4) is 0 Å². The molecule has 5 saturated carbocycles. The summed E-state index contributed by atoms with van der Waals surface area (Å²) in [5, 5.41) is 46.4. The highest BCUT2D eigenvalue weighted by atomic mass is 16.6. The summed E-state index contributed by atoms with van der Waals surface area (Å²) in [6.07, 6.45) is 3.53. The maximum absolute atomic E-state index is 12.2. The first kappa shape index (κ1) is 27.4. The maximum Gasteiger partial charge on any atom is 0.157 e. The molecule has 5 fully saturated rings. The van der Waals surface area contributed by atoms with Crippen molar-refractivity contribution in [2.24, 2.45) is 69.5 Å². The standard InChI is InChI=1S/C31H54O5/c1-15-10-9-11-21-17(3)30(7)24(25(33)23(15)21)18(4)31(8)26(34)22(19(5)32)16(2)14-29(31,6)28(30)36-27(35)20-12-13-20/h15-28,32-35H,9-14H2,1-8H3. The highest BCUT2D eigenvalue weighted by Gasteiger charge is 2.75. The molecule has 0 spiro atoms. The Balaban J connectivity index is 1.68. The minimum Gasteiger partial charge on any atom is -0.393 e. The Kier molecular flexibility index (Phi) is 6.77. The lowest BCUT2D eigenvalue weighted by Gasteiger charge is -2.75. The minimum absolute atomic E-state index is 0.0403. The summed E-state index contributed by atoms with van der Waals surface area (Å²) in [6.45, 7) is 17.8. The number of ether oxygens (including phenoxy) is 1. The Labute approximate surface area is 219 Å². The van der Waals surface area contributed by atoms with Gasteiger partial charge in [-0.05, 0) is 74.0 Å². The molecule has 5 aliphatic carbocycles. The lowest BCUT2D eigenvalue weighted by molar-refractivity contribution is -0.358. The summed E-state index contributed by atoms with van der Waals surface area (Å²) in [7, 11) is 0. The van der Waals surface area contributed by atoms with Crippen molar-refractivity contribution in [3.05, 3.63) is 0 Å². The van der Waals surface area contributed by atoms with Crippen molar-refractivity contribution < 1.29 is 25.2 Å². The summed E-state index contributed by atoms with van der Waals surface area (Å²) < 4.78 is 6.86. The molecule has 0 amide bonds. The first-order chi connectivity index (χ1) is 16.7.